The van der Waals surface area contributed by atoms with E-state index in [0.717, 1.165) is 21.4 Å². The quantitative estimate of drug-likeness (QED) is 0.356. The molecule has 1 N–H and O–H groups in total. The predicted octanol–water partition coefficient (Wildman–Crippen LogP) is 5.58. The van der Waals surface area contributed by atoms with E-state index in [9.17, 15) is 9.18 Å². The molecule has 4 aromatic rings. The number of carbonyl (C=O) groups is 1. The van der Waals surface area contributed by atoms with Crippen molar-refractivity contribution in [3.63, 3.8) is 0 Å². The molecule has 164 valence electrons. The third-order valence-corrected chi connectivity index (χ3v) is 6.10. The molecule has 1 aromatic heterocycles. The predicted molar refractivity (Wildman–Crippen MR) is 126 cm³/mol. The number of anilines is 1. The molecule has 0 spiro atoms. The average molecular weight is 451 g/mol. The molecule has 0 atom stereocenters. The number of nitrogens with zero attached hydrogens (tertiary/aromatic N) is 1. The summed E-state index contributed by atoms with van der Waals surface area (Å²) < 4.78 is 25.9. The number of benzene rings is 3. The van der Waals surface area contributed by atoms with E-state index in [2.05, 4.69) is 9.88 Å². The van der Waals surface area contributed by atoms with Gasteiger partial charge in [-0.3, -0.25) is 4.79 Å². The summed E-state index contributed by atoms with van der Waals surface area (Å²) in [4.78, 5) is 13.6. The number of hydrogen-bond acceptors (Lipinski definition) is 4. The third kappa shape index (κ3) is 4.89. The van der Waals surface area contributed by atoms with E-state index in [1.54, 1.807) is 44.6 Å². The van der Waals surface area contributed by atoms with Gasteiger partial charge in [0.05, 0.1) is 25.7 Å². The molecule has 5 nitrogen and oxygen atoms in total. The summed E-state index contributed by atoms with van der Waals surface area (Å²) in [7, 11) is 3.13. The average Bonchev–Trinajstić information content (AvgIpc) is 3.17. The molecule has 0 aliphatic rings. The Morgan fingerprint density at radius 3 is 2.56 bits per heavy atom. The highest BCUT2D eigenvalue weighted by atomic mass is 32.2. The van der Waals surface area contributed by atoms with Gasteiger partial charge in [0.25, 0.3) is 0 Å². The van der Waals surface area contributed by atoms with Crippen molar-refractivity contribution in [2.75, 3.05) is 25.3 Å². The molecule has 7 heteroatoms. The molecule has 1 amide bonds. The fourth-order valence-electron chi connectivity index (χ4n) is 3.48. The van der Waals surface area contributed by atoms with E-state index < -0.39 is 0 Å². The molecule has 0 aliphatic heterocycles. The Morgan fingerprint density at radius 2 is 1.81 bits per heavy atom. The van der Waals surface area contributed by atoms with Crippen molar-refractivity contribution < 1.29 is 18.7 Å². The monoisotopic (exact) mass is 450 g/mol. The number of hydrogen-bond donors (Lipinski definition) is 1. The van der Waals surface area contributed by atoms with Gasteiger partial charge in [-0.05, 0) is 35.9 Å². The molecule has 0 aliphatic carbocycles. The van der Waals surface area contributed by atoms with Gasteiger partial charge in [-0.2, -0.15) is 0 Å². The molecule has 0 bridgehead atoms. The number of amides is 1. The van der Waals surface area contributed by atoms with Crippen LogP contribution in [-0.4, -0.2) is 30.4 Å². The molecule has 0 fully saturated rings. The van der Waals surface area contributed by atoms with Gasteiger partial charge in [0.15, 0.2) is 0 Å². The second-order valence-electron chi connectivity index (χ2n) is 7.17. The Labute approximate surface area is 190 Å². The van der Waals surface area contributed by atoms with Crippen LogP contribution in [0.3, 0.4) is 0 Å². The molecule has 0 saturated heterocycles. The summed E-state index contributed by atoms with van der Waals surface area (Å²) in [6.07, 6.45) is 2.04. The molecule has 0 saturated carbocycles. The highest BCUT2D eigenvalue weighted by Crippen LogP contribution is 2.32. The number of ether oxygens (including phenoxy) is 2. The minimum atomic E-state index is -0.248. The number of thioether (sulfide) groups is 1. The molecule has 0 unspecified atom stereocenters. The number of carbonyl (C=O) groups excluding carboxylic acids is 1. The molecule has 0 radical (unpaired) electrons. The SMILES string of the molecule is COc1ccc(NC(=O)CSc2cn(Cc3ccc(F)cc3)c3ccccc23)c(OC)c1. The number of rotatable bonds is 8. The van der Waals surface area contributed by atoms with E-state index in [0.29, 0.717) is 23.7 Å². The highest BCUT2D eigenvalue weighted by Gasteiger charge is 2.13. The van der Waals surface area contributed by atoms with Gasteiger partial charge in [0.1, 0.15) is 17.3 Å². The van der Waals surface area contributed by atoms with Gasteiger partial charge in [-0.1, -0.05) is 30.3 Å². The van der Waals surface area contributed by atoms with Crippen LogP contribution in [-0.2, 0) is 11.3 Å². The van der Waals surface area contributed by atoms with Crippen LogP contribution in [0.1, 0.15) is 5.56 Å². The first kappa shape index (κ1) is 21.8. The fourth-order valence-corrected chi connectivity index (χ4v) is 4.37. The van der Waals surface area contributed by atoms with Gasteiger partial charge in [0, 0.05) is 34.6 Å². The van der Waals surface area contributed by atoms with Crippen molar-refractivity contribution in [3.05, 3.63) is 84.3 Å². The zero-order valence-corrected chi connectivity index (χ0v) is 18.6. The lowest BCUT2D eigenvalue weighted by Crippen LogP contribution is -2.14. The summed E-state index contributed by atoms with van der Waals surface area (Å²) in [5, 5.41) is 3.98. The number of halogens is 1. The standard InChI is InChI=1S/C25H23FN2O3S/c1-30-19-11-12-21(23(13-19)31-2)27-25(29)16-32-24-15-28(22-6-4-3-5-20(22)24)14-17-7-9-18(26)10-8-17/h3-13,15H,14,16H2,1-2H3,(H,27,29). The Kier molecular flexibility index (Phi) is 6.66. The molecule has 3 aromatic carbocycles. The van der Waals surface area contributed by atoms with Gasteiger partial charge in [0.2, 0.25) is 5.91 Å². The summed E-state index contributed by atoms with van der Waals surface area (Å²) in [5.74, 6) is 1.07. The van der Waals surface area contributed by atoms with Crippen LogP contribution in [0.4, 0.5) is 10.1 Å². The van der Waals surface area contributed by atoms with Crippen molar-refractivity contribution in [1.29, 1.82) is 0 Å². The first-order chi connectivity index (χ1) is 15.6. The van der Waals surface area contributed by atoms with Crippen LogP contribution in [0.2, 0.25) is 0 Å². The fraction of sp³-hybridized carbons (Fsp3) is 0.160. The molecule has 4 rings (SSSR count). The van der Waals surface area contributed by atoms with Gasteiger partial charge >= 0.3 is 0 Å². The largest absolute Gasteiger partial charge is 0.497 e. The van der Waals surface area contributed by atoms with Crippen LogP contribution in [0.25, 0.3) is 10.9 Å². The minimum absolute atomic E-state index is 0.131. The zero-order valence-electron chi connectivity index (χ0n) is 17.8. The van der Waals surface area contributed by atoms with Crippen LogP contribution < -0.4 is 14.8 Å². The lowest BCUT2D eigenvalue weighted by atomic mass is 10.2. The van der Waals surface area contributed by atoms with Crippen molar-refractivity contribution in [2.45, 2.75) is 11.4 Å². The topological polar surface area (TPSA) is 52.5 Å². The van der Waals surface area contributed by atoms with E-state index >= 15 is 0 Å². The Bertz CT molecular complexity index is 1240. The zero-order chi connectivity index (χ0) is 22.5. The van der Waals surface area contributed by atoms with Gasteiger partial charge < -0.3 is 19.4 Å². The second kappa shape index (κ2) is 9.78. The number of para-hydroxylation sites is 1. The molecule has 1 heterocycles. The van der Waals surface area contributed by atoms with Crippen molar-refractivity contribution in [3.8, 4) is 11.5 Å². The summed E-state index contributed by atoms with van der Waals surface area (Å²) >= 11 is 1.47. The summed E-state index contributed by atoms with van der Waals surface area (Å²) in [5.41, 5.74) is 2.67. The lowest BCUT2D eigenvalue weighted by molar-refractivity contribution is -0.113. The smallest absolute Gasteiger partial charge is 0.234 e. The van der Waals surface area contributed by atoms with Crippen LogP contribution >= 0.6 is 11.8 Å². The third-order valence-electron chi connectivity index (χ3n) is 5.06. The number of nitrogens with one attached hydrogen (secondary N) is 1. The van der Waals surface area contributed by atoms with Crippen LogP contribution in [0.15, 0.2) is 77.8 Å². The number of methoxy groups -OCH3 is 2. The van der Waals surface area contributed by atoms with E-state index in [4.69, 9.17) is 9.47 Å². The maximum atomic E-state index is 13.2. The maximum absolute atomic E-state index is 13.2. The first-order valence-electron chi connectivity index (χ1n) is 10.0. The Hall–Kier alpha value is -3.45. The Morgan fingerprint density at radius 1 is 1.03 bits per heavy atom. The van der Waals surface area contributed by atoms with Gasteiger partial charge in [-0.25, -0.2) is 4.39 Å². The first-order valence-corrected chi connectivity index (χ1v) is 11.0. The maximum Gasteiger partial charge on any atom is 0.234 e. The molecule has 32 heavy (non-hydrogen) atoms. The van der Waals surface area contributed by atoms with Crippen molar-refractivity contribution in [1.82, 2.24) is 4.57 Å². The van der Waals surface area contributed by atoms with Crippen LogP contribution in [0.5, 0.6) is 11.5 Å². The van der Waals surface area contributed by atoms with Gasteiger partial charge in [-0.15, -0.1) is 11.8 Å². The Balaban J connectivity index is 1.48. The summed E-state index contributed by atoms with van der Waals surface area (Å²) in [6.45, 7) is 0.622. The van der Waals surface area contributed by atoms with E-state index in [1.165, 1.54) is 23.9 Å². The normalized spacial score (nSPS) is 10.8. The molecular formula is C25H23FN2O3S. The van der Waals surface area contributed by atoms with Crippen molar-refractivity contribution >= 4 is 34.3 Å². The summed E-state index contributed by atoms with van der Waals surface area (Å²) in [6, 6.07) is 19.8. The molecular weight excluding hydrogens is 427 g/mol. The highest BCUT2D eigenvalue weighted by molar-refractivity contribution is 8.00. The minimum Gasteiger partial charge on any atom is -0.497 e. The number of fused-ring (bicyclic) bond motifs is 1. The number of aromatic nitrogens is 1. The lowest BCUT2D eigenvalue weighted by Gasteiger charge is -2.11. The van der Waals surface area contributed by atoms with E-state index in [1.807, 2.05) is 30.5 Å². The van der Waals surface area contributed by atoms with Crippen molar-refractivity contribution in [2.24, 2.45) is 0 Å². The van der Waals surface area contributed by atoms with E-state index in [-0.39, 0.29) is 17.5 Å². The second-order valence-corrected chi connectivity index (χ2v) is 8.19. The van der Waals surface area contributed by atoms with Crippen LogP contribution in [0, 0.1) is 5.82 Å².